The maximum absolute atomic E-state index is 16.1. The summed E-state index contributed by atoms with van der Waals surface area (Å²) in [6.45, 7) is 10.3. The van der Waals surface area contributed by atoms with Gasteiger partial charge in [0, 0.05) is 36.4 Å². The Morgan fingerprint density at radius 3 is 1.68 bits per heavy atom. The van der Waals surface area contributed by atoms with E-state index in [1.54, 1.807) is 10.9 Å². The smallest absolute Gasteiger partial charge is 0.340 e. The highest BCUT2D eigenvalue weighted by Gasteiger charge is 2.29. The topological polar surface area (TPSA) is 74.1 Å². The molecule has 0 radical (unpaired) electrons. The van der Waals surface area contributed by atoms with Gasteiger partial charge in [-0.1, -0.05) is 142 Å². The first-order valence-electron chi connectivity index (χ1n) is 22.1. The van der Waals surface area contributed by atoms with Crippen LogP contribution in [0.5, 0.6) is 0 Å². The second-order valence-corrected chi connectivity index (χ2v) is 18.4. The number of ether oxygens (including phenoxy) is 1. The van der Waals surface area contributed by atoms with Crippen LogP contribution in [0.3, 0.4) is 0 Å². The number of Topliss-reactive ketones (excluding diaryl/α,β-unsaturated/α-hetero) is 1. The minimum absolute atomic E-state index is 0.00830. The monoisotopic (exact) mass is 821 g/mol. The number of ketones is 1. The van der Waals surface area contributed by atoms with Crippen LogP contribution in [0, 0.1) is 25.5 Å². The minimum atomic E-state index is -1.00. The number of rotatable bonds is 27. The summed E-state index contributed by atoms with van der Waals surface area (Å²) < 4.78 is 38.9. The van der Waals surface area contributed by atoms with E-state index in [0.29, 0.717) is 54.8 Å². The zero-order valence-corrected chi connectivity index (χ0v) is 36.9. The average Bonchev–Trinajstić information content (AvgIpc) is 3.92. The zero-order chi connectivity index (χ0) is 40.7. The number of thiophene rings is 2. The summed E-state index contributed by atoms with van der Waals surface area (Å²) in [4.78, 5) is 30.1. The Hall–Kier alpha value is -3.24. The maximum atomic E-state index is 16.1. The van der Waals surface area contributed by atoms with Gasteiger partial charge in [-0.25, -0.2) is 13.6 Å². The van der Waals surface area contributed by atoms with Gasteiger partial charge in [0.2, 0.25) is 0 Å². The Kier molecular flexibility index (Phi) is 17.9. The third-order valence-electron chi connectivity index (χ3n) is 11.3. The lowest BCUT2D eigenvalue weighted by Crippen LogP contribution is -2.08. The second kappa shape index (κ2) is 22.8. The number of carbonyl (C=O) groups excluding carboxylic acids is 2. The van der Waals surface area contributed by atoms with Gasteiger partial charge in [0.25, 0.3) is 0 Å². The largest absolute Gasteiger partial charge is 0.462 e. The lowest BCUT2D eigenvalue weighted by Gasteiger charge is -2.10. The van der Waals surface area contributed by atoms with Crippen LogP contribution >= 0.6 is 22.7 Å². The predicted molar refractivity (Wildman–Crippen MR) is 236 cm³/mol. The molecule has 0 atom stereocenters. The molecule has 57 heavy (non-hydrogen) atoms. The highest BCUT2D eigenvalue weighted by molar-refractivity contribution is 7.23. The Morgan fingerprint density at radius 2 is 1.12 bits per heavy atom. The zero-order valence-electron chi connectivity index (χ0n) is 35.3. The number of benzene rings is 2. The molecule has 0 N–H and O–H groups in total. The third-order valence-corrected chi connectivity index (χ3v) is 13.6. The number of nitrogens with zero attached hydrogens (tertiary/aromatic N) is 3. The highest BCUT2D eigenvalue weighted by Crippen LogP contribution is 2.46. The molecular weight excluding hydrogens is 757 g/mol. The average molecular weight is 822 g/mol. The Bertz CT molecular complexity index is 2080. The van der Waals surface area contributed by atoms with E-state index in [1.807, 2.05) is 13.0 Å². The van der Waals surface area contributed by atoms with E-state index in [9.17, 15) is 9.59 Å². The molecule has 3 heterocycles. The number of fused-ring (bicyclic) bond motifs is 3. The number of hydrogen-bond acceptors (Lipinski definition) is 7. The summed E-state index contributed by atoms with van der Waals surface area (Å²) >= 11 is 2.63. The van der Waals surface area contributed by atoms with Gasteiger partial charge in [0.05, 0.1) is 29.0 Å². The van der Waals surface area contributed by atoms with Crippen LogP contribution < -0.4 is 0 Å². The van der Waals surface area contributed by atoms with E-state index in [4.69, 9.17) is 9.84 Å². The number of esters is 1. The number of unbranched alkanes of at least 4 members (excludes halogenated alkanes) is 20. The minimum Gasteiger partial charge on any atom is -0.462 e. The van der Waals surface area contributed by atoms with E-state index in [0.717, 1.165) is 43.4 Å². The summed E-state index contributed by atoms with van der Waals surface area (Å²) in [5.74, 6) is -2.59. The summed E-state index contributed by atoms with van der Waals surface area (Å²) in [7, 11) is 0. The van der Waals surface area contributed by atoms with Crippen LogP contribution in [0.15, 0.2) is 12.1 Å². The Labute approximate surface area is 347 Å². The van der Waals surface area contributed by atoms with Gasteiger partial charge >= 0.3 is 5.97 Å². The van der Waals surface area contributed by atoms with Gasteiger partial charge in [-0.05, 0) is 45.7 Å². The first-order valence-corrected chi connectivity index (χ1v) is 23.7. The normalized spacial score (nSPS) is 11.8. The molecule has 0 saturated carbocycles. The fourth-order valence-corrected chi connectivity index (χ4v) is 10.4. The second-order valence-electron chi connectivity index (χ2n) is 16.1. The Morgan fingerprint density at radius 1 is 0.632 bits per heavy atom. The van der Waals surface area contributed by atoms with Crippen LogP contribution in [-0.2, 0) is 11.3 Å². The van der Waals surface area contributed by atoms with Crippen molar-refractivity contribution in [2.24, 2.45) is 0 Å². The summed E-state index contributed by atoms with van der Waals surface area (Å²) in [6.07, 6.45) is 26.6. The molecule has 0 spiro atoms. The van der Waals surface area contributed by atoms with Crippen LogP contribution in [0.2, 0.25) is 0 Å². The van der Waals surface area contributed by atoms with Crippen molar-refractivity contribution in [3.8, 4) is 10.4 Å². The third kappa shape index (κ3) is 11.7. The predicted octanol–water partition coefficient (Wildman–Crippen LogP) is 15.4. The van der Waals surface area contributed by atoms with Crippen molar-refractivity contribution in [1.82, 2.24) is 15.0 Å². The molecule has 0 fully saturated rings. The molecule has 3 aromatic heterocycles. The van der Waals surface area contributed by atoms with Crippen molar-refractivity contribution >= 4 is 65.6 Å². The van der Waals surface area contributed by atoms with Gasteiger partial charge < -0.3 is 4.74 Å². The first kappa shape index (κ1) is 44.9. The SMILES string of the molecule is CCCCCCCCCCCCCCn1nc2c(C)c(F)c(F)c(-c3cc4c(C(C)=O)c5sc(C)cc5c(C(=O)OCCCCCCCCCCCC)c4s3)c2n1. The van der Waals surface area contributed by atoms with Crippen LogP contribution in [0.25, 0.3) is 41.6 Å². The van der Waals surface area contributed by atoms with Gasteiger partial charge in [0.15, 0.2) is 17.4 Å². The summed E-state index contributed by atoms with van der Waals surface area (Å²) in [5.41, 5.74) is 1.58. The van der Waals surface area contributed by atoms with Gasteiger partial charge in [-0.2, -0.15) is 15.0 Å². The molecule has 0 amide bonds. The molecule has 0 unspecified atom stereocenters. The van der Waals surface area contributed by atoms with E-state index >= 15 is 8.78 Å². The van der Waals surface area contributed by atoms with Crippen LogP contribution in [0.4, 0.5) is 8.78 Å². The summed E-state index contributed by atoms with van der Waals surface area (Å²) in [6, 6.07) is 3.65. The number of carbonyl (C=O) groups is 2. The van der Waals surface area contributed by atoms with Crippen molar-refractivity contribution in [3.05, 3.63) is 45.3 Å². The van der Waals surface area contributed by atoms with Crippen molar-refractivity contribution in [2.75, 3.05) is 6.61 Å². The number of aryl methyl sites for hydroxylation is 3. The number of aromatic nitrogens is 3. The van der Waals surface area contributed by atoms with Crippen LogP contribution in [0.1, 0.15) is 193 Å². The fraction of sp³-hybridized carbons (Fsp3) is 0.617. The molecule has 0 aliphatic carbocycles. The van der Waals surface area contributed by atoms with Gasteiger partial charge in [-0.3, -0.25) is 4.79 Å². The lowest BCUT2D eigenvalue weighted by atomic mass is 9.98. The van der Waals surface area contributed by atoms with E-state index in [-0.39, 0.29) is 22.4 Å². The molecule has 0 saturated heterocycles. The standard InChI is InChI=1S/C47H65F2N3O3S2/c1-6-8-10-12-14-16-18-19-20-22-24-26-28-52-50-43-33(4)41(48)42(49)40(44(43)51-52)37-31-36-38(34(5)53)45-35(30-32(3)56-45)39(46(36)57-37)47(54)55-29-27-25-23-21-17-15-13-11-9-7-2/h30-31H,6-29H2,1-5H3. The van der Waals surface area contributed by atoms with E-state index in [2.05, 4.69) is 18.9 Å². The van der Waals surface area contributed by atoms with Crippen LogP contribution in [-0.4, -0.2) is 33.4 Å². The molecule has 312 valence electrons. The molecule has 5 rings (SSSR count). The summed E-state index contributed by atoms with van der Waals surface area (Å²) in [5, 5.41) is 10.6. The maximum Gasteiger partial charge on any atom is 0.340 e. The van der Waals surface area contributed by atoms with Gasteiger partial charge in [-0.15, -0.1) is 22.7 Å². The quantitative estimate of drug-likeness (QED) is 0.0300. The molecule has 0 aliphatic heterocycles. The van der Waals surface area contributed by atoms with Crippen molar-refractivity contribution in [3.63, 3.8) is 0 Å². The molecule has 0 aliphatic rings. The lowest BCUT2D eigenvalue weighted by molar-refractivity contribution is 0.0502. The number of hydrogen-bond donors (Lipinski definition) is 0. The molecule has 6 nitrogen and oxygen atoms in total. The van der Waals surface area contributed by atoms with E-state index < -0.39 is 17.6 Å². The molecule has 10 heteroatoms. The van der Waals surface area contributed by atoms with E-state index in [1.165, 1.54) is 139 Å². The Balaban J connectivity index is 1.32. The van der Waals surface area contributed by atoms with Crippen molar-refractivity contribution in [1.29, 1.82) is 0 Å². The number of halogens is 2. The van der Waals surface area contributed by atoms with Gasteiger partial charge in [0.1, 0.15) is 11.0 Å². The molecule has 0 bridgehead atoms. The van der Waals surface area contributed by atoms with Crippen molar-refractivity contribution < 1.29 is 23.1 Å². The first-order chi connectivity index (χ1) is 27.7. The molecular formula is C47H65F2N3O3S2. The fourth-order valence-electron chi connectivity index (χ4n) is 8.06. The molecule has 5 aromatic rings. The molecule has 2 aromatic carbocycles. The highest BCUT2D eigenvalue weighted by atomic mass is 32.1. The van der Waals surface area contributed by atoms with Crippen molar-refractivity contribution in [2.45, 2.75) is 182 Å².